The van der Waals surface area contributed by atoms with Crippen LogP contribution in [0.3, 0.4) is 0 Å². The van der Waals surface area contributed by atoms with E-state index < -0.39 is 28.8 Å². The number of halogens is 1. The molecule has 102 valence electrons. The van der Waals surface area contributed by atoms with Gasteiger partial charge in [-0.05, 0) is 25.0 Å². The molecule has 0 heterocycles. The number of carbonyl (C=O) groups is 2. The summed E-state index contributed by atoms with van der Waals surface area (Å²) in [5, 5.41) is 11.4. The zero-order valence-electron chi connectivity index (χ0n) is 10.3. The second kappa shape index (κ2) is 4.97. The van der Waals surface area contributed by atoms with Gasteiger partial charge in [0.05, 0.1) is 11.2 Å². The Kier molecular flexibility index (Phi) is 3.53. The van der Waals surface area contributed by atoms with E-state index in [0.29, 0.717) is 12.8 Å². The Balaban J connectivity index is 2.26. The SMILES string of the molecule is NC1(C(=O)Nc2cccc(F)c2C(=O)O)CCCC1. The normalized spacial score (nSPS) is 17.2. The summed E-state index contributed by atoms with van der Waals surface area (Å²) in [6.07, 6.45) is 2.82. The highest BCUT2D eigenvalue weighted by Gasteiger charge is 2.37. The van der Waals surface area contributed by atoms with Crippen LogP contribution in [0.5, 0.6) is 0 Å². The van der Waals surface area contributed by atoms with Gasteiger partial charge in [0.15, 0.2) is 0 Å². The summed E-state index contributed by atoms with van der Waals surface area (Å²) < 4.78 is 13.5. The number of rotatable bonds is 3. The monoisotopic (exact) mass is 266 g/mol. The van der Waals surface area contributed by atoms with Gasteiger partial charge in [0.2, 0.25) is 5.91 Å². The predicted octanol–water partition coefficient (Wildman–Crippen LogP) is 1.73. The lowest BCUT2D eigenvalue weighted by atomic mass is 9.97. The molecule has 0 saturated heterocycles. The highest BCUT2D eigenvalue weighted by molar-refractivity contribution is 6.03. The summed E-state index contributed by atoms with van der Waals surface area (Å²) in [4.78, 5) is 23.1. The van der Waals surface area contributed by atoms with E-state index in [-0.39, 0.29) is 5.69 Å². The van der Waals surface area contributed by atoms with Gasteiger partial charge in [0.25, 0.3) is 0 Å². The molecular formula is C13H15FN2O3. The van der Waals surface area contributed by atoms with Crippen LogP contribution in [0.4, 0.5) is 10.1 Å². The third-order valence-corrected chi connectivity index (χ3v) is 3.42. The van der Waals surface area contributed by atoms with Crippen molar-refractivity contribution in [1.82, 2.24) is 0 Å². The summed E-state index contributed by atoms with van der Waals surface area (Å²) in [7, 11) is 0. The molecule has 1 fully saturated rings. The van der Waals surface area contributed by atoms with Crippen LogP contribution in [0.2, 0.25) is 0 Å². The Morgan fingerprint density at radius 1 is 1.32 bits per heavy atom. The second-order valence-corrected chi connectivity index (χ2v) is 4.78. The van der Waals surface area contributed by atoms with Gasteiger partial charge in [0, 0.05) is 0 Å². The lowest BCUT2D eigenvalue weighted by Crippen LogP contribution is -2.48. The molecule has 0 aromatic heterocycles. The molecule has 0 unspecified atom stereocenters. The summed E-state index contributed by atoms with van der Waals surface area (Å²) in [5.74, 6) is -2.77. The van der Waals surface area contributed by atoms with Crippen molar-refractivity contribution < 1.29 is 19.1 Å². The third-order valence-electron chi connectivity index (χ3n) is 3.42. The minimum Gasteiger partial charge on any atom is -0.478 e. The van der Waals surface area contributed by atoms with Gasteiger partial charge in [-0.2, -0.15) is 0 Å². The van der Waals surface area contributed by atoms with Gasteiger partial charge < -0.3 is 16.2 Å². The average Bonchev–Trinajstić information content (AvgIpc) is 2.77. The van der Waals surface area contributed by atoms with Crippen LogP contribution in [0.1, 0.15) is 36.0 Å². The molecule has 0 radical (unpaired) electrons. The molecule has 6 heteroatoms. The summed E-state index contributed by atoms with van der Waals surface area (Å²) >= 11 is 0. The number of hydrogen-bond donors (Lipinski definition) is 3. The molecule has 0 aliphatic heterocycles. The minimum atomic E-state index is -1.43. The Morgan fingerprint density at radius 3 is 2.53 bits per heavy atom. The predicted molar refractivity (Wildman–Crippen MR) is 67.4 cm³/mol. The first kappa shape index (κ1) is 13.5. The number of carboxylic acid groups (broad SMARTS) is 1. The Bertz CT molecular complexity index is 525. The molecule has 5 nitrogen and oxygen atoms in total. The van der Waals surface area contributed by atoms with Crippen LogP contribution >= 0.6 is 0 Å². The number of nitrogens with one attached hydrogen (secondary N) is 1. The molecule has 1 saturated carbocycles. The lowest BCUT2D eigenvalue weighted by molar-refractivity contribution is -0.121. The van der Waals surface area contributed by atoms with E-state index in [4.69, 9.17) is 10.8 Å². The van der Waals surface area contributed by atoms with Gasteiger partial charge in [-0.15, -0.1) is 0 Å². The second-order valence-electron chi connectivity index (χ2n) is 4.78. The number of carboxylic acids is 1. The molecule has 1 aliphatic rings. The standard InChI is InChI=1S/C13H15FN2O3/c14-8-4-3-5-9(10(8)11(17)18)16-12(19)13(15)6-1-2-7-13/h3-5H,1-2,6-7,15H2,(H,16,19)(H,17,18). The molecule has 4 N–H and O–H groups in total. The zero-order chi connectivity index (χ0) is 14.0. The van der Waals surface area contributed by atoms with Crippen LogP contribution in [-0.2, 0) is 4.79 Å². The van der Waals surface area contributed by atoms with Crippen molar-refractivity contribution in [2.45, 2.75) is 31.2 Å². The minimum absolute atomic E-state index is 0.0609. The quantitative estimate of drug-likeness (QED) is 0.776. The van der Waals surface area contributed by atoms with E-state index in [1.54, 1.807) is 0 Å². The molecule has 1 aliphatic carbocycles. The van der Waals surface area contributed by atoms with Gasteiger partial charge in [-0.3, -0.25) is 4.79 Å². The van der Waals surface area contributed by atoms with Crippen molar-refractivity contribution in [3.63, 3.8) is 0 Å². The van der Waals surface area contributed by atoms with E-state index in [0.717, 1.165) is 18.9 Å². The number of aromatic carboxylic acids is 1. The third kappa shape index (κ3) is 2.58. The largest absolute Gasteiger partial charge is 0.478 e. The smallest absolute Gasteiger partial charge is 0.340 e. The first-order chi connectivity index (χ1) is 8.94. The van der Waals surface area contributed by atoms with E-state index >= 15 is 0 Å². The number of anilines is 1. The van der Waals surface area contributed by atoms with E-state index in [1.165, 1.54) is 12.1 Å². The maximum absolute atomic E-state index is 13.5. The molecule has 1 amide bonds. The van der Waals surface area contributed by atoms with Crippen molar-refractivity contribution >= 4 is 17.6 Å². The van der Waals surface area contributed by atoms with Gasteiger partial charge in [-0.25, -0.2) is 9.18 Å². The van der Waals surface area contributed by atoms with Crippen molar-refractivity contribution in [3.8, 4) is 0 Å². The topological polar surface area (TPSA) is 92.4 Å². The maximum Gasteiger partial charge on any atom is 0.340 e. The fourth-order valence-corrected chi connectivity index (χ4v) is 2.33. The zero-order valence-corrected chi connectivity index (χ0v) is 10.3. The van der Waals surface area contributed by atoms with Crippen LogP contribution in [0.25, 0.3) is 0 Å². The first-order valence-corrected chi connectivity index (χ1v) is 6.06. The number of nitrogens with two attached hydrogens (primary N) is 1. The van der Waals surface area contributed by atoms with E-state index in [1.807, 2.05) is 0 Å². The highest BCUT2D eigenvalue weighted by Crippen LogP contribution is 2.29. The molecule has 1 aromatic rings. The number of carbonyl (C=O) groups excluding carboxylic acids is 1. The van der Waals surface area contributed by atoms with Crippen LogP contribution in [-0.4, -0.2) is 22.5 Å². The number of hydrogen-bond acceptors (Lipinski definition) is 3. The van der Waals surface area contributed by atoms with Crippen molar-refractivity contribution in [3.05, 3.63) is 29.6 Å². The first-order valence-electron chi connectivity index (χ1n) is 6.06. The van der Waals surface area contributed by atoms with Crippen LogP contribution in [0.15, 0.2) is 18.2 Å². The van der Waals surface area contributed by atoms with Crippen LogP contribution < -0.4 is 11.1 Å². The van der Waals surface area contributed by atoms with Crippen molar-refractivity contribution in [1.29, 1.82) is 0 Å². The number of benzene rings is 1. The van der Waals surface area contributed by atoms with Crippen molar-refractivity contribution in [2.24, 2.45) is 5.73 Å². The average molecular weight is 266 g/mol. The molecule has 19 heavy (non-hydrogen) atoms. The van der Waals surface area contributed by atoms with Gasteiger partial charge in [-0.1, -0.05) is 18.9 Å². The number of amides is 1. The molecule has 0 spiro atoms. The Morgan fingerprint density at radius 2 is 1.95 bits per heavy atom. The fraction of sp³-hybridized carbons (Fsp3) is 0.385. The molecular weight excluding hydrogens is 251 g/mol. The molecule has 0 bridgehead atoms. The summed E-state index contributed by atoms with van der Waals surface area (Å²) in [6.45, 7) is 0. The van der Waals surface area contributed by atoms with E-state index in [2.05, 4.69) is 5.32 Å². The fourth-order valence-electron chi connectivity index (χ4n) is 2.33. The van der Waals surface area contributed by atoms with Gasteiger partial charge >= 0.3 is 5.97 Å². The van der Waals surface area contributed by atoms with Crippen LogP contribution in [0, 0.1) is 5.82 Å². The van der Waals surface area contributed by atoms with Gasteiger partial charge in [0.1, 0.15) is 11.4 Å². The highest BCUT2D eigenvalue weighted by atomic mass is 19.1. The molecule has 2 rings (SSSR count). The Hall–Kier alpha value is -1.95. The summed E-state index contributed by atoms with van der Waals surface area (Å²) in [6, 6.07) is 3.73. The Labute approximate surface area is 109 Å². The summed E-state index contributed by atoms with van der Waals surface area (Å²) in [5.41, 5.74) is 4.37. The molecule has 0 atom stereocenters. The maximum atomic E-state index is 13.5. The van der Waals surface area contributed by atoms with Crippen molar-refractivity contribution in [2.75, 3.05) is 5.32 Å². The molecule has 1 aromatic carbocycles. The van der Waals surface area contributed by atoms with E-state index in [9.17, 15) is 14.0 Å². The lowest BCUT2D eigenvalue weighted by Gasteiger charge is -2.22.